The van der Waals surface area contributed by atoms with Gasteiger partial charge < -0.3 is 0 Å². The van der Waals surface area contributed by atoms with Gasteiger partial charge in [-0.25, -0.2) is 9.97 Å². The minimum Gasteiger partial charge on any atom is -0.248 e. The number of thiazole rings is 1. The zero-order valence-electron chi connectivity index (χ0n) is 7.48. The van der Waals surface area contributed by atoms with Crippen LogP contribution in [0.1, 0.15) is 5.69 Å². The number of aromatic nitrogens is 2. The van der Waals surface area contributed by atoms with Crippen LogP contribution in [0.3, 0.4) is 0 Å². The zero-order chi connectivity index (χ0) is 10.7. The summed E-state index contributed by atoms with van der Waals surface area (Å²) in [5, 5.41) is 3.43. The summed E-state index contributed by atoms with van der Waals surface area (Å²) in [5.41, 5.74) is 0.955. The summed E-state index contributed by atoms with van der Waals surface area (Å²) >= 11 is 14.7. The molecule has 0 aliphatic carbocycles. The minimum atomic E-state index is 0.567. The summed E-state index contributed by atoms with van der Waals surface area (Å²) in [5.74, 6) is 0.736. The van der Waals surface area contributed by atoms with Crippen LogP contribution in [0.4, 0.5) is 0 Å². The average molecular weight is 277 g/mol. The standard InChI is InChI=1S/C9H6Cl2N2S2/c10-7-2-1-3-12-8(7)14-4-6-5-15-9(11)13-6/h1-3,5H,4H2. The van der Waals surface area contributed by atoms with Gasteiger partial charge in [-0.1, -0.05) is 35.0 Å². The van der Waals surface area contributed by atoms with Crippen LogP contribution in [-0.2, 0) is 5.75 Å². The van der Waals surface area contributed by atoms with Crippen LogP contribution < -0.4 is 0 Å². The van der Waals surface area contributed by atoms with Crippen molar-refractivity contribution in [2.45, 2.75) is 10.8 Å². The molecule has 0 saturated heterocycles. The molecule has 78 valence electrons. The fourth-order valence-electron chi connectivity index (χ4n) is 0.968. The largest absolute Gasteiger partial charge is 0.248 e. The lowest BCUT2D eigenvalue weighted by Gasteiger charge is -1.99. The van der Waals surface area contributed by atoms with Crippen molar-refractivity contribution in [2.24, 2.45) is 0 Å². The molecule has 0 unspecified atom stereocenters. The molecule has 15 heavy (non-hydrogen) atoms. The molecule has 0 aromatic carbocycles. The maximum Gasteiger partial charge on any atom is 0.183 e. The van der Waals surface area contributed by atoms with Crippen molar-refractivity contribution < 1.29 is 0 Å². The third-order valence-electron chi connectivity index (χ3n) is 1.61. The Labute approximate surface area is 106 Å². The van der Waals surface area contributed by atoms with Crippen LogP contribution in [0.15, 0.2) is 28.7 Å². The first-order valence-electron chi connectivity index (χ1n) is 4.09. The lowest BCUT2D eigenvalue weighted by Crippen LogP contribution is -1.83. The normalized spacial score (nSPS) is 10.5. The molecule has 0 atom stereocenters. The lowest BCUT2D eigenvalue weighted by atomic mass is 10.5. The second-order valence-electron chi connectivity index (χ2n) is 2.67. The number of hydrogen-bond donors (Lipinski definition) is 0. The molecule has 0 saturated carbocycles. The average Bonchev–Trinajstić information content (AvgIpc) is 2.63. The Hall–Kier alpha value is -0.290. The molecule has 2 aromatic heterocycles. The molecule has 0 spiro atoms. The van der Waals surface area contributed by atoms with Gasteiger partial charge in [0.1, 0.15) is 5.03 Å². The third kappa shape index (κ3) is 3.08. The van der Waals surface area contributed by atoms with Gasteiger partial charge in [0.15, 0.2) is 4.47 Å². The van der Waals surface area contributed by atoms with E-state index in [1.807, 2.05) is 17.5 Å². The van der Waals surface area contributed by atoms with E-state index in [2.05, 4.69) is 9.97 Å². The van der Waals surface area contributed by atoms with Crippen LogP contribution in [0.2, 0.25) is 9.49 Å². The van der Waals surface area contributed by atoms with Crippen molar-refractivity contribution in [3.63, 3.8) is 0 Å². The molecule has 0 radical (unpaired) electrons. The maximum absolute atomic E-state index is 5.97. The quantitative estimate of drug-likeness (QED) is 0.789. The van der Waals surface area contributed by atoms with Gasteiger partial charge in [-0.05, 0) is 12.1 Å². The van der Waals surface area contributed by atoms with Crippen molar-refractivity contribution in [3.8, 4) is 0 Å². The molecule has 2 rings (SSSR count). The van der Waals surface area contributed by atoms with Crippen LogP contribution in [0.5, 0.6) is 0 Å². The fourth-order valence-corrected chi connectivity index (χ4v) is 2.91. The van der Waals surface area contributed by atoms with E-state index in [1.165, 1.54) is 11.3 Å². The molecule has 6 heteroatoms. The van der Waals surface area contributed by atoms with Crippen molar-refractivity contribution in [1.29, 1.82) is 0 Å². The highest BCUT2D eigenvalue weighted by atomic mass is 35.5. The van der Waals surface area contributed by atoms with Crippen LogP contribution in [0, 0.1) is 0 Å². The molecule has 0 aliphatic rings. The number of halogens is 2. The van der Waals surface area contributed by atoms with Crippen molar-refractivity contribution in [2.75, 3.05) is 0 Å². The number of pyridine rings is 1. The van der Waals surface area contributed by atoms with E-state index in [4.69, 9.17) is 23.2 Å². The van der Waals surface area contributed by atoms with E-state index in [9.17, 15) is 0 Å². The molecule has 0 fully saturated rings. The van der Waals surface area contributed by atoms with Crippen LogP contribution >= 0.6 is 46.3 Å². The first-order chi connectivity index (χ1) is 7.25. The molecular formula is C9H6Cl2N2S2. The second-order valence-corrected chi connectivity index (χ2v) is 5.48. The Balaban J connectivity index is 2.02. The fraction of sp³-hybridized carbons (Fsp3) is 0.111. The number of hydrogen-bond acceptors (Lipinski definition) is 4. The van der Waals surface area contributed by atoms with E-state index >= 15 is 0 Å². The highest BCUT2D eigenvalue weighted by molar-refractivity contribution is 7.98. The van der Waals surface area contributed by atoms with Gasteiger partial charge in [0, 0.05) is 17.3 Å². The van der Waals surface area contributed by atoms with Gasteiger partial charge in [0.05, 0.1) is 10.7 Å². The van der Waals surface area contributed by atoms with Gasteiger partial charge in [0.25, 0.3) is 0 Å². The van der Waals surface area contributed by atoms with Crippen LogP contribution in [-0.4, -0.2) is 9.97 Å². The first kappa shape index (κ1) is 11.2. The van der Waals surface area contributed by atoms with Gasteiger partial charge in [-0.3, -0.25) is 0 Å². The van der Waals surface area contributed by atoms with E-state index in [-0.39, 0.29) is 0 Å². The van der Waals surface area contributed by atoms with Gasteiger partial charge in [0.2, 0.25) is 0 Å². The van der Waals surface area contributed by atoms with E-state index < -0.39 is 0 Å². The Morgan fingerprint density at radius 3 is 2.93 bits per heavy atom. The molecular weight excluding hydrogens is 271 g/mol. The Morgan fingerprint density at radius 2 is 2.27 bits per heavy atom. The molecule has 2 nitrogen and oxygen atoms in total. The Kier molecular flexibility index (Phi) is 3.86. The summed E-state index contributed by atoms with van der Waals surface area (Å²) in [6, 6.07) is 3.64. The minimum absolute atomic E-state index is 0.567. The maximum atomic E-state index is 5.97. The third-order valence-corrected chi connectivity index (χ3v) is 4.09. The van der Waals surface area contributed by atoms with E-state index in [1.54, 1.807) is 18.0 Å². The summed E-state index contributed by atoms with van der Waals surface area (Å²) in [7, 11) is 0. The summed E-state index contributed by atoms with van der Waals surface area (Å²) < 4.78 is 0.567. The Bertz CT molecular complexity index is 459. The highest BCUT2D eigenvalue weighted by Crippen LogP contribution is 2.28. The van der Waals surface area contributed by atoms with E-state index in [0.717, 1.165) is 16.5 Å². The van der Waals surface area contributed by atoms with Crippen molar-refractivity contribution in [1.82, 2.24) is 9.97 Å². The first-order valence-corrected chi connectivity index (χ1v) is 6.71. The number of rotatable bonds is 3. The summed E-state index contributed by atoms with van der Waals surface area (Å²) in [6.07, 6.45) is 1.72. The molecule has 0 N–H and O–H groups in total. The van der Waals surface area contributed by atoms with Gasteiger partial charge in [-0.15, -0.1) is 11.3 Å². The predicted octanol–water partition coefficient (Wildman–Crippen LogP) is 4.14. The topological polar surface area (TPSA) is 25.8 Å². The van der Waals surface area contributed by atoms with E-state index in [0.29, 0.717) is 9.49 Å². The SMILES string of the molecule is Clc1nc(CSc2ncccc2Cl)cs1. The van der Waals surface area contributed by atoms with Crippen molar-refractivity contribution in [3.05, 3.63) is 38.9 Å². The highest BCUT2D eigenvalue weighted by Gasteiger charge is 2.04. The summed E-state index contributed by atoms with van der Waals surface area (Å²) in [4.78, 5) is 8.32. The van der Waals surface area contributed by atoms with Gasteiger partial charge >= 0.3 is 0 Å². The van der Waals surface area contributed by atoms with Crippen molar-refractivity contribution >= 4 is 46.3 Å². The molecule has 2 aromatic rings. The Morgan fingerprint density at radius 1 is 1.40 bits per heavy atom. The molecule has 0 amide bonds. The van der Waals surface area contributed by atoms with Crippen LogP contribution in [0.25, 0.3) is 0 Å². The number of thioether (sulfide) groups is 1. The molecule has 0 aliphatic heterocycles. The smallest absolute Gasteiger partial charge is 0.183 e. The zero-order valence-corrected chi connectivity index (χ0v) is 10.6. The second kappa shape index (κ2) is 5.16. The monoisotopic (exact) mass is 276 g/mol. The lowest BCUT2D eigenvalue weighted by molar-refractivity contribution is 1.12. The molecule has 2 heterocycles. The molecule has 0 bridgehead atoms. The predicted molar refractivity (Wildman–Crippen MR) is 65.9 cm³/mol. The number of nitrogens with zero attached hydrogens (tertiary/aromatic N) is 2. The summed E-state index contributed by atoms with van der Waals surface area (Å²) in [6.45, 7) is 0. The van der Waals surface area contributed by atoms with Gasteiger partial charge in [-0.2, -0.15) is 0 Å².